The van der Waals surface area contributed by atoms with E-state index in [4.69, 9.17) is 5.73 Å². The molecule has 4 N–H and O–H groups in total. The molecule has 8 heteroatoms. The van der Waals surface area contributed by atoms with Gasteiger partial charge in [-0.15, -0.1) is 24.0 Å². The molecule has 22 heavy (non-hydrogen) atoms. The molecule has 120 valence electrons. The molecule has 7 nitrogen and oxygen atoms in total. The zero-order valence-corrected chi connectivity index (χ0v) is 14.4. The lowest BCUT2D eigenvalue weighted by Crippen LogP contribution is -2.41. The maximum absolute atomic E-state index is 11.3. The number of amides is 3. The summed E-state index contributed by atoms with van der Waals surface area (Å²) < 4.78 is 0. The van der Waals surface area contributed by atoms with Gasteiger partial charge >= 0.3 is 6.03 Å². The summed E-state index contributed by atoms with van der Waals surface area (Å²) in [4.78, 5) is 28.0. The molecule has 1 aliphatic rings. The van der Waals surface area contributed by atoms with Crippen molar-refractivity contribution >= 4 is 41.9 Å². The Labute approximate surface area is 146 Å². The van der Waals surface area contributed by atoms with E-state index in [9.17, 15) is 9.59 Å². The molecule has 2 rings (SSSR count). The highest BCUT2D eigenvalue weighted by Gasteiger charge is 2.27. The van der Waals surface area contributed by atoms with Crippen molar-refractivity contribution in [3.63, 3.8) is 0 Å². The predicted octanol–water partition coefficient (Wildman–Crippen LogP) is 0.303. The molecule has 0 saturated carbocycles. The topological polar surface area (TPSA) is 99.8 Å². The van der Waals surface area contributed by atoms with E-state index in [0.717, 1.165) is 11.3 Å². The van der Waals surface area contributed by atoms with Gasteiger partial charge in [0.25, 0.3) is 0 Å². The van der Waals surface area contributed by atoms with E-state index < -0.39 is 0 Å². The Morgan fingerprint density at radius 3 is 2.68 bits per heavy atom. The standard InChI is InChI=1S/C14H19N5O2.HI/c15-13(16-7-6-11-4-2-1-3-5-11)17-8-9-19-12(20)10-18-14(19)21;/h1-5H,6-10H2,(H,18,21)(H3,15,16,17);1H. The lowest BCUT2D eigenvalue weighted by Gasteiger charge is -2.12. The van der Waals surface area contributed by atoms with Crippen LogP contribution in [-0.2, 0) is 11.2 Å². The minimum absolute atomic E-state index is 0. The molecular weight excluding hydrogens is 397 g/mol. The quantitative estimate of drug-likeness (QED) is 0.268. The largest absolute Gasteiger partial charge is 0.370 e. The number of imide groups is 1. The average molecular weight is 417 g/mol. The van der Waals surface area contributed by atoms with Gasteiger partial charge in [0.15, 0.2) is 5.96 Å². The summed E-state index contributed by atoms with van der Waals surface area (Å²) in [6.45, 7) is 1.32. The molecule has 1 fully saturated rings. The fourth-order valence-corrected chi connectivity index (χ4v) is 1.98. The Balaban J connectivity index is 0.00000242. The molecule has 0 radical (unpaired) electrons. The first kappa shape index (κ1) is 18.2. The van der Waals surface area contributed by atoms with Crippen molar-refractivity contribution in [3.8, 4) is 0 Å². The minimum Gasteiger partial charge on any atom is -0.370 e. The Bertz CT molecular complexity index is 519. The van der Waals surface area contributed by atoms with Crippen LogP contribution in [0.25, 0.3) is 0 Å². The number of nitrogens with zero attached hydrogens (tertiary/aromatic N) is 2. The molecule has 0 atom stereocenters. The van der Waals surface area contributed by atoms with Crippen LogP contribution >= 0.6 is 24.0 Å². The van der Waals surface area contributed by atoms with Gasteiger partial charge in [-0.3, -0.25) is 14.7 Å². The molecular formula is C14H20IN5O2. The van der Waals surface area contributed by atoms with E-state index in [1.54, 1.807) is 0 Å². The number of hydrogen-bond acceptors (Lipinski definition) is 3. The van der Waals surface area contributed by atoms with Crippen molar-refractivity contribution in [1.82, 2.24) is 15.5 Å². The predicted molar refractivity (Wildman–Crippen MR) is 95.2 cm³/mol. The van der Waals surface area contributed by atoms with E-state index >= 15 is 0 Å². The number of urea groups is 1. The van der Waals surface area contributed by atoms with Crippen molar-refractivity contribution in [3.05, 3.63) is 35.9 Å². The van der Waals surface area contributed by atoms with Crippen molar-refractivity contribution in [2.45, 2.75) is 6.42 Å². The first-order valence-corrected chi connectivity index (χ1v) is 6.83. The number of carbonyl (C=O) groups excluding carboxylic acids is 2. The SMILES string of the molecule is I.NC(=NCCc1ccccc1)NCCN1C(=O)CNC1=O. The molecule has 1 aromatic carbocycles. The summed E-state index contributed by atoms with van der Waals surface area (Å²) in [5.74, 6) is 0.0966. The van der Waals surface area contributed by atoms with Crippen LogP contribution in [0.2, 0.25) is 0 Å². The second-order valence-corrected chi connectivity index (χ2v) is 4.63. The monoisotopic (exact) mass is 417 g/mol. The number of carbonyl (C=O) groups is 2. The van der Waals surface area contributed by atoms with Gasteiger partial charge in [0.05, 0.1) is 6.54 Å². The highest BCUT2D eigenvalue weighted by molar-refractivity contribution is 14.0. The smallest absolute Gasteiger partial charge is 0.324 e. The van der Waals surface area contributed by atoms with Crippen molar-refractivity contribution in [2.75, 3.05) is 26.2 Å². The number of nitrogens with one attached hydrogen (secondary N) is 2. The first-order chi connectivity index (χ1) is 10.2. The molecule has 0 bridgehead atoms. The second-order valence-electron chi connectivity index (χ2n) is 4.63. The molecule has 0 unspecified atom stereocenters. The molecule has 1 aliphatic heterocycles. The third-order valence-electron chi connectivity index (χ3n) is 3.10. The summed E-state index contributed by atoms with van der Waals surface area (Å²) >= 11 is 0. The summed E-state index contributed by atoms with van der Waals surface area (Å²) in [6, 6.07) is 9.66. The van der Waals surface area contributed by atoms with Crippen LogP contribution in [0.5, 0.6) is 0 Å². The number of aliphatic imine (C=N–C) groups is 1. The zero-order valence-electron chi connectivity index (χ0n) is 12.1. The molecule has 0 spiro atoms. The van der Waals surface area contributed by atoms with Crippen LogP contribution in [-0.4, -0.2) is 49.0 Å². The maximum Gasteiger partial charge on any atom is 0.324 e. The van der Waals surface area contributed by atoms with Gasteiger partial charge in [-0.05, 0) is 12.0 Å². The lowest BCUT2D eigenvalue weighted by molar-refractivity contribution is -0.124. The van der Waals surface area contributed by atoms with Crippen molar-refractivity contribution in [2.24, 2.45) is 10.7 Å². The number of benzene rings is 1. The van der Waals surface area contributed by atoms with Gasteiger partial charge in [-0.2, -0.15) is 0 Å². The van der Waals surface area contributed by atoms with Crippen LogP contribution in [0.15, 0.2) is 35.3 Å². The first-order valence-electron chi connectivity index (χ1n) is 6.83. The van der Waals surface area contributed by atoms with Crippen LogP contribution < -0.4 is 16.4 Å². The van der Waals surface area contributed by atoms with E-state index in [2.05, 4.69) is 15.6 Å². The maximum atomic E-state index is 11.3. The van der Waals surface area contributed by atoms with E-state index in [0.29, 0.717) is 19.0 Å². The Kier molecular flexibility index (Phi) is 7.64. The number of nitrogens with two attached hydrogens (primary N) is 1. The zero-order chi connectivity index (χ0) is 15.1. The fourth-order valence-electron chi connectivity index (χ4n) is 1.98. The van der Waals surface area contributed by atoms with Crippen LogP contribution in [0.4, 0.5) is 4.79 Å². The number of guanidine groups is 1. The van der Waals surface area contributed by atoms with Gasteiger partial charge in [0.2, 0.25) is 5.91 Å². The van der Waals surface area contributed by atoms with Crippen LogP contribution in [0, 0.1) is 0 Å². The summed E-state index contributed by atoms with van der Waals surface area (Å²) in [5, 5.41) is 5.35. The average Bonchev–Trinajstić information content (AvgIpc) is 2.80. The Hall–Kier alpha value is -1.84. The summed E-state index contributed by atoms with van der Waals surface area (Å²) in [5.41, 5.74) is 6.93. The van der Waals surface area contributed by atoms with Gasteiger partial charge in [0.1, 0.15) is 0 Å². The van der Waals surface area contributed by atoms with Crippen LogP contribution in [0.1, 0.15) is 5.56 Å². The highest BCUT2D eigenvalue weighted by atomic mass is 127. The molecule has 0 aromatic heterocycles. The van der Waals surface area contributed by atoms with E-state index in [1.807, 2.05) is 30.3 Å². The van der Waals surface area contributed by atoms with E-state index in [1.165, 1.54) is 5.56 Å². The summed E-state index contributed by atoms with van der Waals surface area (Å²) in [6.07, 6.45) is 0.816. The van der Waals surface area contributed by atoms with Gasteiger partial charge in [-0.1, -0.05) is 30.3 Å². The third-order valence-corrected chi connectivity index (χ3v) is 3.10. The number of rotatable bonds is 6. The van der Waals surface area contributed by atoms with E-state index in [-0.39, 0.29) is 49.0 Å². The molecule has 1 aromatic rings. The lowest BCUT2D eigenvalue weighted by atomic mass is 10.2. The molecule has 1 heterocycles. The molecule has 3 amide bonds. The minimum atomic E-state index is -0.360. The van der Waals surface area contributed by atoms with Gasteiger partial charge < -0.3 is 16.4 Å². The van der Waals surface area contributed by atoms with Gasteiger partial charge in [-0.25, -0.2) is 4.79 Å². The normalized spacial score (nSPS) is 14.5. The third kappa shape index (κ3) is 5.51. The number of halogens is 1. The Morgan fingerprint density at radius 2 is 2.05 bits per heavy atom. The Morgan fingerprint density at radius 1 is 1.32 bits per heavy atom. The second kappa shape index (κ2) is 9.23. The van der Waals surface area contributed by atoms with Crippen LogP contribution in [0.3, 0.4) is 0 Å². The van der Waals surface area contributed by atoms with Gasteiger partial charge in [0, 0.05) is 19.6 Å². The molecule has 1 saturated heterocycles. The fraction of sp³-hybridized carbons (Fsp3) is 0.357. The van der Waals surface area contributed by atoms with Crippen molar-refractivity contribution in [1.29, 1.82) is 0 Å². The summed E-state index contributed by atoms with van der Waals surface area (Å²) in [7, 11) is 0. The highest BCUT2D eigenvalue weighted by Crippen LogP contribution is 1.99. The molecule has 0 aliphatic carbocycles. The number of hydrogen-bond donors (Lipinski definition) is 3. The van der Waals surface area contributed by atoms with Crippen molar-refractivity contribution < 1.29 is 9.59 Å².